The summed E-state index contributed by atoms with van der Waals surface area (Å²) in [7, 11) is 1.34. The van der Waals surface area contributed by atoms with Crippen molar-refractivity contribution in [1.82, 2.24) is 10.3 Å². The van der Waals surface area contributed by atoms with Gasteiger partial charge in [-0.25, -0.2) is 0 Å². The lowest BCUT2D eigenvalue weighted by Crippen LogP contribution is -2.30. The summed E-state index contributed by atoms with van der Waals surface area (Å²) < 4.78 is 10.5. The highest BCUT2D eigenvalue weighted by atomic mass is 32.2. The van der Waals surface area contributed by atoms with Gasteiger partial charge in [-0.3, -0.25) is 9.59 Å². The highest BCUT2D eigenvalue weighted by molar-refractivity contribution is 7.98. The van der Waals surface area contributed by atoms with Gasteiger partial charge in [0.1, 0.15) is 11.4 Å². The van der Waals surface area contributed by atoms with Gasteiger partial charge in [-0.05, 0) is 54.6 Å². The fraction of sp³-hybridized carbons (Fsp3) is 0.304. The van der Waals surface area contributed by atoms with Crippen LogP contribution < -0.4 is 10.1 Å². The number of benzene rings is 2. The van der Waals surface area contributed by atoms with Gasteiger partial charge in [0.25, 0.3) is 5.91 Å². The van der Waals surface area contributed by atoms with E-state index in [1.165, 1.54) is 7.11 Å². The van der Waals surface area contributed by atoms with Gasteiger partial charge in [-0.1, -0.05) is 19.1 Å². The Morgan fingerprint density at radius 2 is 1.90 bits per heavy atom. The number of H-pyrrole nitrogens is 1. The molecule has 1 aromatic heterocycles. The van der Waals surface area contributed by atoms with Crippen LogP contribution in [0.25, 0.3) is 10.9 Å². The van der Waals surface area contributed by atoms with Crippen molar-refractivity contribution in [3.05, 3.63) is 59.8 Å². The van der Waals surface area contributed by atoms with E-state index in [4.69, 9.17) is 9.47 Å². The van der Waals surface area contributed by atoms with Crippen molar-refractivity contribution in [2.75, 3.05) is 20.0 Å². The molecule has 0 aliphatic rings. The van der Waals surface area contributed by atoms with Gasteiger partial charge in [-0.15, -0.1) is 11.8 Å². The second-order valence-electron chi connectivity index (χ2n) is 6.86. The Labute approximate surface area is 180 Å². The van der Waals surface area contributed by atoms with Gasteiger partial charge in [0.15, 0.2) is 0 Å². The van der Waals surface area contributed by atoms with Crippen molar-refractivity contribution >= 4 is 34.5 Å². The normalized spacial score (nSPS) is 11.8. The lowest BCUT2D eigenvalue weighted by Gasteiger charge is -2.18. The highest BCUT2D eigenvalue weighted by Gasteiger charge is 2.21. The van der Waals surface area contributed by atoms with Crippen molar-refractivity contribution in [2.24, 2.45) is 0 Å². The maximum atomic E-state index is 12.9. The van der Waals surface area contributed by atoms with Crippen molar-refractivity contribution in [3.8, 4) is 5.75 Å². The average molecular weight is 427 g/mol. The quantitative estimate of drug-likeness (QED) is 0.382. The van der Waals surface area contributed by atoms with Crippen LogP contribution >= 0.6 is 11.8 Å². The Balaban J connectivity index is 1.80. The first-order valence-electron chi connectivity index (χ1n) is 9.81. The molecule has 1 heterocycles. The first-order valence-corrected chi connectivity index (χ1v) is 11.0. The molecular weight excluding hydrogens is 400 g/mol. The van der Waals surface area contributed by atoms with Crippen LogP contribution in [-0.2, 0) is 9.53 Å². The molecule has 0 radical (unpaired) electrons. The summed E-state index contributed by atoms with van der Waals surface area (Å²) in [5, 5.41) is 3.84. The standard InChI is InChI=1S/C23H26N2O4S/c1-4-11-29-17-7-10-19-16(12-17)13-21(24-19)23(27)25-20(14-22(26)28-2)15-5-8-18(30-3)9-6-15/h5-10,12-13,20,24H,4,11,14H2,1-3H3,(H,25,27). The zero-order valence-corrected chi connectivity index (χ0v) is 18.2. The first-order chi connectivity index (χ1) is 14.5. The second kappa shape index (κ2) is 10.2. The molecule has 0 saturated heterocycles. The molecule has 0 aliphatic carbocycles. The Kier molecular flexibility index (Phi) is 7.41. The molecule has 7 heteroatoms. The van der Waals surface area contributed by atoms with Crippen LogP contribution in [0.4, 0.5) is 0 Å². The fourth-order valence-electron chi connectivity index (χ4n) is 3.12. The van der Waals surface area contributed by atoms with Gasteiger partial charge < -0.3 is 19.8 Å². The Hall–Kier alpha value is -2.93. The van der Waals surface area contributed by atoms with Crippen LogP contribution in [0.1, 0.15) is 41.9 Å². The molecule has 1 unspecified atom stereocenters. The molecule has 2 N–H and O–H groups in total. The number of esters is 1. The summed E-state index contributed by atoms with van der Waals surface area (Å²) in [6.07, 6.45) is 2.98. The molecule has 3 rings (SSSR count). The maximum Gasteiger partial charge on any atom is 0.307 e. The molecule has 0 bridgehead atoms. The van der Waals surface area contributed by atoms with Crippen LogP contribution in [0.2, 0.25) is 0 Å². The molecule has 0 saturated carbocycles. The van der Waals surface area contributed by atoms with Gasteiger partial charge in [0.2, 0.25) is 0 Å². The number of methoxy groups -OCH3 is 1. The van der Waals surface area contributed by atoms with Crippen molar-refractivity contribution in [2.45, 2.75) is 30.7 Å². The van der Waals surface area contributed by atoms with E-state index in [0.29, 0.717) is 12.3 Å². The van der Waals surface area contributed by atoms with Crippen molar-refractivity contribution < 1.29 is 19.1 Å². The van der Waals surface area contributed by atoms with Crippen molar-refractivity contribution in [3.63, 3.8) is 0 Å². The third kappa shape index (κ3) is 5.36. The monoisotopic (exact) mass is 426 g/mol. The molecule has 158 valence electrons. The summed E-state index contributed by atoms with van der Waals surface area (Å²) in [4.78, 5) is 29.1. The smallest absolute Gasteiger partial charge is 0.307 e. The van der Waals surface area contributed by atoms with Gasteiger partial charge in [-0.2, -0.15) is 0 Å². The van der Waals surface area contributed by atoms with E-state index >= 15 is 0 Å². The molecule has 2 aromatic carbocycles. The highest BCUT2D eigenvalue weighted by Crippen LogP contribution is 2.24. The number of hydrogen-bond donors (Lipinski definition) is 2. The minimum absolute atomic E-state index is 0.0517. The third-order valence-corrected chi connectivity index (χ3v) is 5.48. The lowest BCUT2D eigenvalue weighted by atomic mass is 10.0. The number of ether oxygens (including phenoxy) is 2. The number of amides is 1. The number of thioether (sulfide) groups is 1. The van der Waals surface area contributed by atoms with E-state index in [-0.39, 0.29) is 18.3 Å². The number of rotatable bonds is 9. The molecule has 0 fully saturated rings. The molecule has 1 atom stereocenters. The summed E-state index contributed by atoms with van der Waals surface area (Å²) >= 11 is 1.63. The van der Waals surface area contributed by atoms with Gasteiger partial charge in [0.05, 0.1) is 26.2 Å². The number of carbonyl (C=O) groups is 2. The van der Waals surface area contributed by atoms with Crippen LogP contribution in [0.5, 0.6) is 5.75 Å². The predicted molar refractivity (Wildman–Crippen MR) is 119 cm³/mol. The molecule has 0 aliphatic heterocycles. The second-order valence-corrected chi connectivity index (χ2v) is 7.74. The summed E-state index contributed by atoms with van der Waals surface area (Å²) in [5.41, 5.74) is 2.11. The lowest BCUT2D eigenvalue weighted by molar-refractivity contribution is -0.141. The number of nitrogens with one attached hydrogen (secondary N) is 2. The van der Waals surface area contributed by atoms with Gasteiger partial charge in [0, 0.05) is 15.8 Å². The van der Waals surface area contributed by atoms with Crippen LogP contribution in [-0.4, -0.2) is 36.8 Å². The average Bonchev–Trinajstić information content (AvgIpc) is 3.20. The Bertz CT molecular complexity index is 1010. The van der Waals surface area contributed by atoms with Crippen LogP contribution in [0, 0.1) is 0 Å². The third-order valence-electron chi connectivity index (χ3n) is 4.73. The zero-order chi connectivity index (χ0) is 21.5. The molecule has 6 nitrogen and oxygen atoms in total. The van der Waals surface area contributed by atoms with Crippen LogP contribution in [0.3, 0.4) is 0 Å². The van der Waals surface area contributed by atoms with E-state index in [2.05, 4.69) is 17.2 Å². The van der Waals surface area contributed by atoms with E-state index < -0.39 is 6.04 Å². The van der Waals surface area contributed by atoms with E-state index in [9.17, 15) is 9.59 Å². The van der Waals surface area contributed by atoms with Crippen molar-refractivity contribution in [1.29, 1.82) is 0 Å². The largest absolute Gasteiger partial charge is 0.494 e. The minimum atomic E-state index is -0.490. The topological polar surface area (TPSA) is 80.4 Å². The molecule has 30 heavy (non-hydrogen) atoms. The zero-order valence-electron chi connectivity index (χ0n) is 17.4. The summed E-state index contributed by atoms with van der Waals surface area (Å²) in [6, 6.07) is 14.8. The minimum Gasteiger partial charge on any atom is -0.494 e. The Morgan fingerprint density at radius 3 is 2.57 bits per heavy atom. The predicted octanol–water partition coefficient (Wildman–Crippen LogP) is 4.71. The van der Waals surface area contributed by atoms with Crippen LogP contribution in [0.15, 0.2) is 53.4 Å². The Morgan fingerprint density at radius 1 is 1.13 bits per heavy atom. The molecular formula is C23H26N2O4S. The summed E-state index contributed by atoms with van der Waals surface area (Å²) in [6.45, 7) is 2.70. The van der Waals surface area contributed by atoms with E-state index in [1.54, 1.807) is 17.8 Å². The summed E-state index contributed by atoms with van der Waals surface area (Å²) in [5.74, 6) is 0.0986. The molecule has 3 aromatic rings. The number of hydrogen-bond acceptors (Lipinski definition) is 5. The number of aromatic nitrogens is 1. The van der Waals surface area contributed by atoms with E-state index in [1.807, 2.05) is 48.7 Å². The number of fused-ring (bicyclic) bond motifs is 1. The SMILES string of the molecule is CCCOc1ccc2[nH]c(C(=O)NC(CC(=O)OC)c3ccc(SC)cc3)cc2c1. The fourth-order valence-corrected chi connectivity index (χ4v) is 3.53. The number of aromatic amines is 1. The first kappa shape index (κ1) is 21.8. The molecule has 1 amide bonds. The maximum absolute atomic E-state index is 12.9. The number of carbonyl (C=O) groups excluding carboxylic acids is 2. The van der Waals surface area contributed by atoms with E-state index in [0.717, 1.165) is 33.5 Å². The van der Waals surface area contributed by atoms with Gasteiger partial charge >= 0.3 is 5.97 Å². The molecule has 0 spiro atoms.